The van der Waals surface area contributed by atoms with E-state index >= 15 is 0 Å². The van der Waals surface area contributed by atoms with Crippen molar-refractivity contribution in [2.45, 2.75) is 27.2 Å². The average Bonchev–Trinajstić information content (AvgIpc) is 2.27. The van der Waals surface area contributed by atoms with Crippen LogP contribution in [0, 0.1) is 0 Å². The van der Waals surface area contributed by atoms with Crippen LogP contribution in [-0.4, -0.2) is 5.71 Å². The van der Waals surface area contributed by atoms with Crippen LogP contribution in [0.1, 0.15) is 27.2 Å². The molecule has 80 valence electrons. The van der Waals surface area contributed by atoms with Gasteiger partial charge in [0.05, 0.1) is 0 Å². The zero-order valence-electron chi connectivity index (χ0n) is 9.53. The first-order chi connectivity index (χ1) is 7.27. The Balaban J connectivity index is 2.71. The van der Waals surface area contributed by atoms with Gasteiger partial charge in [-0.2, -0.15) is 0 Å². The predicted octanol–water partition coefficient (Wildman–Crippen LogP) is 3.75. The molecule has 0 spiro atoms. The molecule has 0 aliphatic heterocycles. The molecule has 0 fully saturated rings. The SMILES string of the molecule is C/C=C1/C=CC=C/C1=N/O/C(C)=C\CC. The van der Waals surface area contributed by atoms with Gasteiger partial charge in [0.2, 0.25) is 0 Å². The van der Waals surface area contributed by atoms with Crippen LogP contribution in [-0.2, 0) is 4.84 Å². The minimum Gasteiger partial charge on any atom is -0.362 e. The van der Waals surface area contributed by atoms with Crippen molar-refractivity contribution in [2.24, 2.45) is 5.16 Å². The summed E-state index contributed by atoms with van der Waals surface area (Å²) in [7, 11) is 0. The maximum absolute atomic E-state index is 5.28. The summed E-state index contributed by atoms with van der Waals surface area (Å²) in [5.41, 5.74) is 1.95. The van der Waals surface area contributed by atoms with Crippen molar-refractivity contribution in [1.82, 2.24) is 0 Å². The maximum Gasteiger partial charge on any atom is 0.128 e. The van der Waals surface area contributed by atoms with Gasteiger partial charge in [-0.1, -0.05) is 36.4 Å². The zero-order chi connectivity index (χ0) is 11.1. The summed E-state index contributed by atoms with van der Waals surface area (Å²) < 4.78 is 0. The molecule has 0 atom stereocenters. The number of allylic oxidation sites excluding steroid dienone is 8. The molecule has 2 nitrogen and oxygen atoms in total. The van der Waals surface area contributed by atoms with E-state index in [4.69, 9.17) is 4.84 Å². The minimum absolute atomic E-state index is 0.836. The summed E-state index contributed by atoms with van der Waals surface area (Å²) in [6.07, 6.45) is 12.9. The average molecular weight is 203 g/mol. The van der Waals surface area contributed by atoms with Gasteiger partial charge < -0.3 is 4.84 Å². The fraction of sp³-hybridized carbons (Fsp3) is 0.308. The highest BCUT2D eigenvalue weighted by molar-refractivity contribution is 6.11. The summed E-state index contributed by atoms with van der Waals surface area (Å²) >= 11 is 0. The fourth-order valence-corrected chi connectivity index (χ4v) is 1.26. The molecule has 2 heteroatoms. The highest BCUT2D eigenvalue weighted by Gasteiger charge is 2.03. The third kappa shape index (κ3) is 3.58. The third-order valence-electron chi connectivity index (χ3n) is 2.03. The first kappa shape index (κ1) is 11.5. The standard InChI is InChI=1S/C13H17NO/c1-4-8-11(3)15-14-13-10-7-6-9-12(13)5-2/h5-10H,4H2,1-3H3/b11-8-,12-5-,14-13-. The van der Waals surface area contributed by atoms with Crippen molar-refractivity contribution in [3.8, 4) is 0 Å². The van der Waals surface area contributed by atoms with Crippen molar-refractivity contribution < 1.29 is 4.84 Å². The van der Waals surface area contributed by atoms with Crippen LogP contribution in [0.3, 0.4) is 0 Å². The molecule has 0 radical (unpaired) electrons. The second kappa shape index (κ2) is 6.02. The molecule has 0 heterocycles. The van der Waals surface area contributed by atoms with Gasteiger partial charge in [0, 0.05) is 0 Å². The van der Waals surface area contributed by atoms with Crippen LogP contribution in [0.25, 0.3) is 0 Å². The number of hydrogen-bond acceptors (Lipinski definition) is 2. The molecule has 0 aromatic rings. The lowest BCUT2D eigenvalue weighted by atomic mass is 10.1. The lowest BCUT2D eigenvalue weighted by molar-refractivity contribution is 0.229. The van der Waals surface area contributed by atoms with Gasteiger partial charge >= 0.3 is 0 Å². The van der Waals surface area contributed by atoms with Crippen LogP contribution >= 0.6 is 0 Å². The van der Waals surface area contributed by atoms with Gasteiger partial charge in [0.1, 0.15) is 11.5 Å². The van der Waals surface area contributed by atoms with Crippen LogP contribution in [0.5, 0.6) is 0 Å². The predicted molar refractivity (Wildman–Crippen MR) is 64.6 cm³/mol. The molecule has 1 aliphatic carbocycles. The van der Waals surface area contributed by atoms with E-state index in [2.05, 4.69) is 12.1 Å². The molecular weight excluding hydrogens is 186 g/mol. The normalized spacial score (nSPS) is 21.4. The second-order valence-electron chi connectivity index (χ2n) is 3.25. The van der Waals surface area contributed by atoms with Crippen molar-refractivity contribution >= 4 is 5.71 Å². The Morgan fingerprint density at radius 3 is 2.80 bits per heavy atom. The van der Waals surface area contributed by atoms with Gasteiger partial charge in [-0.15, -0.1) is 0 Å². The fourth-order valence-electron chi connectivity index (χ4n) is 1.26. The molecule has 0 aromatic heterocycles. The Kier molecular flexibility index (Phi) is 4.61. The highest BCUT2D eigenvalue weighted by atomic mass is 16.6. The van der Waals surface area contributed by atoms with E-state index in [1.807, 2.05) is 50.3 Å². The van der Waals surface area contributed by atoms with E-state index < -0.39 is 0 Å². The Labute approximate surface area is 91.3 Å². The Morgan fingerprint density at radius 2 is 2.13 bits per heavy atom. The summed E-state index contributed by atoms with van der Waals surface area (Å²) in [6, 6.07) is 0. The molecule has 1 aliphatic rings. The van der Waals surface area contributed by atoms with E-state index in [-0.39, 0.29) is 0 Å². The van der Waals surface area contributed by atoms with Gasteiger partial charge in [-0.3, -0.25) is 0 Å². The summed E-state index contributed by atoms with van der Waals surface area (Å²) in [4.78, 5) is 5.28. The molecule has 0 saturated heterocycles. The van der Waals surface area contributed by atoms with Crippen LogP contribution < -0.4 is 0 Å². The molecule has 1 rings (SSSR count). The lowest BCUT2D eigenvalue weighted by Crippen LogP contribution is -2.00. The number of oxime groups is 1. The molecule has 0 N–H and O–H groups in total. The zero-order valence-corrected chi connectivity index (χ0v) is 9.53. The van der Waals surface area contributed by atoms with Crippen molar-refractivity contribution in [2.75, 3.05) is 0 Å². The smallest absolute Gasteiger partial charge is 0.128 e. The van der Waals surface area contributed by atoms with E-state index in [0.717, 1.165) is 23.5 Å². The monoisotopic (exact) mass is 203 g/mol. The molecule has 0 saturated carbocycles. The Hall–Kier alpha value is -1.57. The summed E-state index contributed by atoms with van der Waals surface area (Å²) in [5, 5.41) is 4.10. The van der Waals surface area contributed by atoms with Crippen LogP contribution in [0.2, 0.25) is 0 Å². The second-order valence-corrected chi connectivity index (χ2v) is 3.25. The first-order valence-electron chi connectivity index (χ1n) is 5.21. The number of rotatable bonds is 3. The lowest BCUT2D eigenvalue weighted by Gasteiger charge is -2.05. The third-order valence-corrected chi connectivity index (χ3v) is 2.03. The molecule has 0 amide bonds. The summed E-state index contributed by atoms with van der Waals surface area (Å²) in [5.74, 6) is 0.836. The quantitative estimate of drug-likeness (QED) is 0.505. The van der Waals surface area contributed by atoms with Crippen LogP contribution in [0.4, 0.5) is 0 Å². The van der Waals surface area contributed by atoms with Crippen molar-refractivity contribution in [3.63, 3.8) is 0 Å². The topological polar surface area (TPSA) is 21.6 Å². The molecule has 0 unspecified atom stereocenters. The molecular formula is C13H17NO. The van der Waals surface area contributed by atoms with Gasteiger partial charge in [-0.05, 0) is 38.0 Å². The number of nitrogens with zero attached hydrogens (tertiary/aromatic N) is 1. The van der Waals surface area contributed by atoms with E-state index in [1.165, 1.54) is 0 Å². The minimum atomic E-state index is 0.836. The van der Waals surface area contributed by atoms with Gasteiger partial charge in [0.15, 0.2) is 0 Å². The van der Waals surface area contributed by atoms with E-state index in [9.17, 15) is 0 Å². The largest absolute Gasteiger partial charge is 0.362 e. The first-order valence-corrected chi connectivity index (χ1v) is 5.21. The molecule has 0 aromatic carbocycles. The summed E-state index contributed by atoms with van der Waals surface area (Å²) in [6.45, 7) is 5.97. The van der Waals surface area contributed by atoms with Crippen molar-refractivity contribution in [3.05, 3.63) is 47.8 Å². The van der Waals surface area contributed by atoms with Gasteiger partial charge in [-0.25, -0.2) is 0 Å². The molecule has 0 bridgehead atoms. The van der Waals surface area contributed by atoms with Crippen molar-refractivity contribution in [1.29, 1.82) is 0 Å². The van der Waals surface area contributed by atoms with E-state index in [0.29, 0.717) is 0 Å². The maximum atomic E-state index is 5.28. The Morgan fingerprint density at radius 1 is 1.40 bits per heavy atom. The van der Waals surface area contributed by atoms with Gasteiger partial charge in [0.25, 0.3) is 0 Å². The number of hydrogen-bond donors (Lipinski definition) is 0. The van der Waals surface area contributed by atoms with Crippen LogP contribution in [0.15, 0.2) is 52.9 Å². The van der Waals surface area contributed by atoms with E-state index in [1.54, 1.807) is 0 Å². The molecule has 15 heavy (non-hydrogen) atoms. The Bertz CT molecular complexity index is 357. The highest BCUT2D eigenvalue weighted by Crippen LogP contribution is 2.09.